The van der Waals surface area contributed by atoms with Crippen molar-refractivity contribution in [3.8, 4) is 11.4 Å². The summed E-state index contributed by atoms with van der Waals surface area (Å²) in [5.74, 6) is 1.37. The number of pyridine rings is 1. The summed E-state index contributed by atoms with van der Waals surface area (Å²) in [6.07, 6.45) is 9.54. The summed E-state index contributed by atoms with van der Waals surface area (Å²) in [6, 6.07) is 12.5. The number of aryl methyl sites for hydroxylation is 1. The molecule has 0 amide bonds. The molecule has 28 heavy (non-hydrogen) atoms. The third kappa shape index (κ3) is 3.05. The van der Waals surface area contributed by atoms with Crippen LogP contribution in [0, 0.1) is 6.92 Å². The number of nitrogens with zero attached hydrogens (tertiary/aromatic N) is 3. The van der Waals surface area contributed by atoms with Crippen LogP contribution in [0.15, 0.2) is 65.5 Å². The van der Waals surface area contributed by atoms with Gasteiger partial charge in [0.1, 0.15) is 5.52 Å². The lowest BCUT2D eigenvalue weighted by atomic mass is 10.0. The van der Waals surface area contributed by atoms with E-state index in [1.807, 2.05) is 25.3 Å². The van der Waals surface area contributed by atoms with Gasteiger partial charge in [0.15, 0.2) is 17.2 Å². The Morgan fingerprint density at radius 2 is 2.04 bits per heavy atom. The van der Waals surface area contributed by atoms with Crippen molar-refractivity contribution in [2.75, 3.05) is 11.9 Å². The Hall–Kier alpha value is -3.47. The molecule has 0 aliphatic heterocycles. The molecule has 138 valence electrons. The van der Waals surface area contributed by atoms with Gasteiger partial charge < -0.3 is 9.73 Å². The lowest BCUT2D eigenvalue weighted by Gasteiger charge is -2.10. The number of hydrogen-bond acceptors (Lipinski definition) is 5. The van der Waals surface area contributed by atoms with Crippen LogP contribution in [-0.2, 0) is 6.42 Å². The molecule has 5 heteroatoms. The third-order valence-electron chi connectivity index (χ3n) is 5.06. The minimum Gasteiger partial charge on any atom is -0.459 e. The first kappa shape index (κ1) is 16.7. The first-order chi connectivity index (χ1) is 13.8. The number of fused-ring (bicyclic) bond motifs is 2. The monoisotopic (exact) mass is 368 g/mol. The number of rotatable bonds is 5. The molecule has 1 aromatic carbocycles. The zero-order valence-electron chi connectivity index (χ0n) is 15.6. The third-order valence-corrected chi connectivity index (χ3v) is 5.06. The predicted molar refractivity (Wildman–Crippen MR) is 111 cm³/mol. The molecular formula is C23H20N4O. The molecule has 4 aromatic rings. The van der Waals surface area contributed by atoms with Gasteiger partial charge in [-0.05, 0) is 48.1 Å². The van der Waals surface area contributed by atoms with E-state index in [1.165, 1.54) is 16.7 Å². The Kier molecular flexibility index (Phi) is 4.13. The summed E-state index contributed by atoms with van der Waals surface area (Å²) in [5.41, 5.74) is 7.61. The number of hydrogen-bond donors (Lipinski definition) is 1. The van der Waals surface area contributed by atoms with Crippen molar-refractivity contribution >= 4 is 22.5 Å². The van der Waals surface area contributed by atoms with E-state index < -0.39 is 0 Å². The van der Waals surface area contributed by atoms with E-state index in [0.29, 0.717) is 11.4 Å². The topological polar surface area (TPSA) is 63.8 Å². The maximum Gasteiger partial charge on any atom is 0.194 e. The molecule has 0 saturated heterocycles. The number of benzene rings is 1. The SMILES string of the molecule is Cc1cncc(-c2nc(NCCC3=CCc4ccccc43)c3occc3n2)c1. The number of anilines is 1. The standard InChI is InChI=1S/C23H20N4O/c1-15-12-18(14-24-13-15)22-26-20-9-11-28-21(20)23(27-22)25-10-8-17-7-6-16-4-2-3-5-19(16)17/h2-5,7,9,11-14H,6,8,10H2,1H3,(H,25,26,27). The largest absolute Gasteiger partial charge is 0.459 e. The van der Waals surface area contributed by atoms with Crippen molar-refractivity contribution in [3.05, 3.63) is 77.8 Å². The first-order valence-corrected chi connectivity index (χ1v) is 9.46. The van der Waals surface area contributed by atoms with Crippen LogP contribution in [0.1, 0.15) is 23.1 Å². The van der Waals surface area contributed by atoms with Gasteiger partial charge in [-0.15, -0.1) is 0 Å². The zero-order valence-corrected chi connectivity index (χ0v) is 15.6. The maximum atomic E-state index is 5.62. The molecule has 5 nitrogen and oxygen atoms in total. The molecule has 1 aliphatic rings. The van der Waals surface area contributed by atoms with E-state index in [4.69, 9.17) is 9.40 Å². The van der Waals surface area contributed by atoms with Gasteiger partial charge in [-0.25, -0.2) is 9.97 Å². The smallest absolute Gasteiger partial charge is 0.194 e. The second kappa shape index (κ2) is 6.93. The average Bonchev–Trinajstić information content (AvgIpc) is 3.35. The molecule has 0 fully saturated rings. The van der Waals surface area contributed by atoms with Gasteiger partial charge in [-0.2, -0.15) is 0 Å². The Bertz CT molecular complexity index is 1190. The second-order valence-corrected chi connectivity index (χ2v) is 7.05. The molecule has 0 saturated carbocycles. The fourth-order valence-corrected chi connectivity index (χ4v) is 3.70. The molecule has 3 aromatic heterocycles. The van der Waals surface area contributed by atoms with Gasteiger partial charge in [0.05, 0.1) is 6.26 Å². The summed E-state index contributed by atoms with van der Waals surface area (Å²) in [7, 11) is 0. The molecular weight excluding hydrogens is 348 g/mol. The van der Waals surface area contributed by atoms with E-state index in [-0.39, 0.29) is 0 Å². The summed E-state index contributed by atoms with van der Waals surface area (Å²) in [5, 5.41) is 3.45. The molecule has 0 spiro atoms. The molecule has 1 N–H and O–H groups in total. The van der Waals surface area contributed by atoms with Gasteiger partial charge in [0.2, 0.25) is 0 Å². The van der Waals surface area contributed by atoms with Crippen molar-refractivity contribution in [2.45, 2.75) is 19.8 Å². The average molecular weight is 368 g/mol. The summed E-state index contributed by atoms with van der Waals surface area (Å²) >= 11 is 0. The van der Waals surface area contributed by atoms with Crippen LogP contribution in [0.25, 0.3) is 28.1 Å². The Labute approximate surface area is 163 Å². The van der Waals surface area contributed by atoms with Crippen molar-refractivity contribution < 1.29 is 4.42 Å². The fraction of sp³-hybridized carbons (Fsp3) is 0.174. The van der Waals surface area contributed by atoms with Crippen molar-refractivity contribution in [3.63, 3.8) is 0 Å². The van der Waals surface area contributed by atoms with Gasteiger partial charge in [0.25, 0.3) is 0 Å². The van der Waals surface area contributed by atoms with Crippen LogP contribution in [0.3, 0.4) is 0 Å². The molecule has 0 unspecified atom stereocenters. The quantitative estimate of drug-likeness (QED) is 0.535. The zero-order chi connectivity index (χ0) is 18.9. The Balaban J connectivity index is 1.39. The summed E-state index contributed by atoms with van der Waals surface area (Å²) < 4.78 is 5.62. The van der Waals surface area contributed by atoms with E-state index in [1.54, 1.807) is 12.5 Å². The molecule has 3 heterocycles. The van der Waals surface area contributed by atoms with Crippen LogP contribution < -0.4 is 5.32 Å². The summed E-state index contributed by atoms with van der Waals surface area (Å²) in [4.78, 5) is 13.6. The normalized spacial score (nSPS) is 12.8. The minimum absolute atomic E-state index is 0.651. The van der Waals surface area contributed by atoms with E-state index >= 15 is 0 Å². The van der Waals surface area contributed by atoms with Gasteiger partial charge in [-0.3, -0.25) is 4.98 Å². The van der Waals surface area contributed by atoms with Crippen LogP contribution >= 0.6 is 0 Å². The molecule has 5 rings (SSSR count). The van der Waals surface area contributed by atoms with Gasteiger partial charge in [0, 0.05) is 30.6 Å². The molecule has 0 atom stereocenters. The summed E-state index contributed by atoms with van der Waals surface area (Å²) in [6.45, 7) is 2.79. The Morgan fingerprint density at radius 3 is 2.96 bits per heavy atom. The van der Waals surface area contributed by atoms with Crippen LogP contribution in [0.5, 0.6) is 0 Å². The lowest BCUT2D eigenvalue weighted by Crippen LogP contribution is -2.06. The van der Waals surface area contributed by atoms with E-state index in [0.717, 1.165) is 41.8 Å². The van der Waals surface area contributed by atoms with Crippen molar-refractivity contribution in [1.29, 1.82) is 0 Å². The predicted octanol–water partition coefficient (Wildman–Crippen LogP) is 5.03. The number of aromatic nitrogens is 3. The number of furan rings is 1. The minimum atomic E-state index is 0.651. The van der Waals surface area contributed by atoms with Crippen LogP contribution in [0.2, 0.25) is 0 Å². The number of allylic oxidation sites excluding steroid dienone is 1. The first-order valence-electron chi connectivity index (χ1n) is 9.46. The van der Waals surface area contributed by atoms with Gasteiger partial charge >= 0.3 is 0 Å². The fourth-order valence-electron chi connectivity index (χ4n) is 3.70. The molecule has 0 radical (unpaired) electrons. The van der Waals surface area contributed by atoms with Crippen LogP contribution in [0.4, 0.5) is 5.82 Å². The maximum absolute atomic E-state index is 5.62. The Morgan fingerprint density at radius 1 is 1.11 bits per heavy atom. The van der Waals surface area contributed by atoms with Crippen LogP contribution in [-0.4, -0.2) is 21.5 Å². The highest BCUT2D eigenvalue weighted by Crippen LogP contribution is 2.30. The van der Waals surface area contributed by atoms with Crippen molar-refractivity contribution in [2.24, 2.45) is 0 Å². The highest BCUT2D eigenvalue weighted by molar-refractivity contribution is 5.85. The highest BCUT2D eigenvalue weighted by atomic mass is 16.3. The highest BCUT2D eigenvalue weighted by Gasteiger charge is 2.15. The van der Waals surface area contributed by atoms with Gasteiger partial charge in [-0.1, -0.05) is 30.3 Å². The van der Waals surface area contributed by atoms with E-state index in [2.05, 4.69) is 45.6 Å². The lowest BCUT2D eigenvalue weighted by molar-refractivity contribution is 0.614. The van der Waals surface area contributed by atoms with E-state index in [9.17, 15) is 0 Å². The van der Waals surface area contributed by atoms with Crippen molar-refractivity contribution in [1.82, 2.24) is 15.0 Å². The molecule has 1 aliphatic carbocycles. The number of nitrogens with one attached hydrogen (secondary N) is 1. The second-order valence-electron chi connectivity index (χ2n) is 7.05. The molecule has 0 bridgehead atoms.